The van der Waals surface area contributed by atoms with Crippen molar-refractivity contribution in [2.45, 2.75) is 5.33 Å². The molecule has 6 heteroatoms. The molecule has 0 radical (unpaired) electrons. The van der Waals surface area contributed by atoms with Gasteiger partial charge in [-0.25, -0.2) is 4.68 Å². The van der Waals surface area contributed by atoms with Crippen molar-refractivity contribution in [2.75, 3.05) is 0 Å². The molecule has 2 aromatic carbocycles. The average Bonchev–Trinajstić information content (AvgIpc) is 2.98. The molecule has 106 valence electrons. The molecule has 4 nitrogen and oxygen atoms in total. The number of halogens is 2. The van der Waals surface area contributed by atoms with Crippen molar-refractivity contribution in [3.63, 3.8) is 0 Å². The van der Waals surface area contributed by atoms with Crippen molar-refractivity contribution in [3.05, 3.63) is 64.9 Å². The van der Waals surface area contributed by atoms with E-state index in [0.717, 1.165) is 21.5 Å². The first-order valence-corrected chi connectivity index (χ1v) is 8.17. The fourth-order valence-corrected chi connectivity index (χ4v) is 2.70. The molecule has 0 aliphatic carbocycles. The molecule has 0 unspecified atom stereocenters. The van der Waals surface area contributed by atoms with Crippen LogP contribution in [0.2, 0.25) is 0 Å². The summed E-state index contributed by atoms with van der Waals surface area (Å²) in [6, 6.07) is 15.9. The molecule has 0 aliphatic heterocycles. The van der Waals surface area contributed by atoms with Crippen LogP contribution < -0.4 is 4.74 Å². The molecular formula is C15H11Br2N3O. The highest BCUT2D eigenvalue weighted by Gasteiger charge is 2.09. The highest BCUT2D eigenvalue weighted by atomic mass is 79.9. The maximum absolute atomic E-state index is 5.76. The number of ether oxygens (including phenoxy) is 1. The van der Waals surface area contributed by atoms with Crippen LogP contribution in [0.25, 0.3) is 5.69 Å². The molecule has 0 spiro atoms. The van der Waals surface area contributed by atoms with E-state index in [1.165, 1.54) is 0 Å². The monoisotopic (exact) mass is 407 g/mol. The molecule has 3 rings (SSSR count). The molecule has 0 amide bonds. The molecule has 0 saturated carbocycles. The zero-order valence-corrected chi connectivity index (χ0v) is 14.1. The third-order valence-electron chi connectivity index (χ3n) is 2.86. The lowest BCUT2D eigenvalue weighted by molar-refractivity contribution is 0.438. The van der Waals surface area contributed by atoms with Gasteiger partial charge >= 0.3 is 6.01 Å². The zero-order valence-electron chi connectivity index (χ0n) is 10.9. The van der Waals surface area contributed by atoms with E-state index in [-0.39, 0.29) is 0 Å². The number of aromatic nitrogens is 3. The predicted molar refractivity (Wildman–Crippen MR) is 88.2 cm³/mol. The first-order valence-electron chi connectivity index (χ1n) is 6.25. The molecule has 0 fully saturated rings. The summed E-state index contributed by atoms with van der Waals surface area (Å²) in [5.74, 6) is 0.737. The van der Waals surface area contributed by atoms with Crippen LogP contribution in [0.5, 0.6) is 11.8 Å². The molecule has 21 heavy (non-hydrogen) atoms. The molecule has 3 aromatic rings. The molecular weight excluding hydrogens is 398 g/mol. The quantitative estimate of drug-likeness (QED) is 0.586. The second-order valence-corrected chi connectivity index (χ2v) is 5.77. The van der Waals surface area contributed by atoms with Crippen molar-refractivity contribution in [1.82, 2.24) is 14.8 Å². The van der Waals surface area contributed by atoms with Gasteiger partial charge in [0.15, 0.2) is 0 Å². The summed E-state index contributed by atoms with van der Waals surface area (Å²) in [6.45, 7) is 0. The van der Waals surface area contributed by atoms with Crippen molar-refractivity contribution in [2.24, 2.45) is 0 Å². The fraction of sp³-hybridized carbons (Fsp3) is 0.0667. The molecule has 0 bridgehead atoms. The van der Waals surface area contributed by atoms with E-state index < -0.39 is 0 Å². The fourth-order valence-electron chi connectivity index (χ4n) is 1.85. The van der Waals surface area contributed by atoms with Gasteiger partial charge < -0.3 is 4.74 Å². The minimum Gasteiger partial charge on any atom is -0.423 e. The van der Waals surface area contributed by atoms with Crippen LogP contribution in [0.1, 0.15) is 5.56 Å². The summed E-state index contributed by atoms with van der Waals surface area (Å²) < 4.78 is 8.45. The summed E-state index contributed by atoms with van der Waals surface area (Å²) in [5, 5.41) is 5.03. The van der Waals surface area contributed by atoms with E-state index >= 15 is 0 Å². The van der Waals surface area contributed by atoms with Gasteiger partial charge in [-0.3, -0.25) is 0 Å². The summed E-state index contributed by atoms with van der Waals surface area (Å²) in [4.78, 5) is 4.19. The number of benzene rings is 2. The van der Waals surface area contributed by atoms with Gasteiger partial charge in [-0.1, -0.05) is 50.1 Å². The van der Waals surface area contributed by atoms with E-state index in [9.17, 15) is 0 Å². The summed E-state index contributed by atoms with van der Waals surface area (Å²) >= 11 is 6.90. The van der Waals surface area contributed by atoms with Crippen LogP contribution in [-0.4, -0.2) is 14.8 Å². The second kappa shape index (κ2) is 6.41. The highest BCUT2D eigenvalue weighted by molar-refractivity contribution is 9.10. The molecule has 0 atom stereocenters. The van der Waals surface area contributed by atoms with Gasteiger partial charge in [0.2, 0.25) is 0 Å². The summed E-state index contributed by atoms with van der Waals surface area (Å²) in [7, 11) is 0. The molecule has 0 N–H and O–H groups in total. The lowest BCUT2D eigenvalue weighted by Crippen LogP contribution is -1.95. The van der Waals surface area contributed by atoms with E-state index in [4.69, 9.17) is 4.74 Å². The van der Waals surface area contributed by atoms with Crippen molar-refractivity contribution in [3.8, 4) is 17.4 Å². The van der Waals surface area contributed by atoms with Crippen LogP contribution >= 0.6 is 31.9 Å². The maximum atomic E-state index is 5.76. The van der Waals surface area contributed by atoms with Gasteiger partial charge in [0.05, 0.1) is 5.69 Å². The largest absolute Gasteiger partial charge is 0.423 e. The Bertz CT molecular complexity index is 744. The molecule has 1 aromatic heterocycles. The van der Waals surface area contributed by atoms with Crippen molar-refractivity contribution in [1.29, 1.82) is 0 Å². The Morgan fingerprint density at radius 3 is 2.67 bits per heavy atom. The molecule has 1 heterocycles. The van der Waals surface area contributed by atoms with Crippen molar-refractivity contribution < 1.29 is 4.74 Å². The zero-order chi connectivity index (χ0) is 14.7. The number of nitrogens with zero attached hydrogens (tertiary/aromatic N) is 3. The van der Waals surface area contributed by atoms with Crippen LogP contribution in [-0.2, 0) is 5.33 Å². The predicted octanol–water partition coefficient (Wildman–Crippen LogP) is 4.72. The maximum Gasteiger partial charge on any atom is 0.341 e. The van der Waals surface area contributed by atoms with Gasteiger partial charge in [0.1, 0.15) is 12.1 Å². The van der Waals surface area contributed by atoms with Crippen LogP contribution in [0, 0.1) is 0 Å². The van der Waals surface area contributed by atoms with E-state index in [1.54, 1.807) is 11.0 Å². The molecule has 0 aliphatic rings. The van der Waals surface area contributed by atoms with Crippen LogP contribution in [0.3, 0.4) is 0 Å². The SMILES string of the molecule is BrCc1cc(Br)ccc1Oc1ncn(-c2ccccc2)n1. The van der Waals surface area contributed by atoms with E-state index in [0.29, 0.717) is 11.3 Å². The van der Waals surface area contributed by atoms with Gasteiger partial charge in [-0.2, -0.15) is 4.98 Å². The Hall–Kier alpha value is -1.66. The Balaban J connectivity index is 1.85. The number of hydrogen-bond donors (Lipinski definition) is 0. The highest BCUT2D eigenvalue weighted by Crippen LogP contribution is 2.28. The van der Waals surface area contributed by atoms with Gasteiger partial charge in [-0.15, -0.1) is 5.10 Å². The van der Waals surface area contributed by atoms with E-state index in [1.807, 2.05) is 48.5 Å². The number of rotatable bonds is 4. The minimum atomic E-state index is 0.323. The van der Waals surface area contributed by atoms with Crippen molar-refractivity contribution >= 4 is 31.9 Å². The van der Waals surface area contributed by atoms with Crippen LogP contribution in [0.15, 0.2) is 59.3 Å². The topological polar surface area (TPSA) is 39.9 Å². The van der Waals surface area contributed by atoms with E-state index in [2.05, 4.69) is 41.9 Å². The second-order valence-electron chi connectivity index (χ2n) is 4.29. The van der Waals surface area contributed by atoms with Gasteiger partial charge in [0.25, 0.3) is 0 Å². The standard InChI is InChI=1S/C15H11Br2N3O/c16-9-11-8-12(17)6-7-14(11)21-15-18-10-20(19-15)13-4-2-1-3-5-13/h1-8,10H,9H2. The third kappa shape index (κ3) is 3.33. The smallest absolute Gasteiger partial charge is 0.341 e. The number of alkyl halides is 1. The summed E-state index contributed by atoms with van der Waals surface area (Å²) in [5.41, 5.74) is 1.97. The Kier molecular flexibility index (Phi) is 4.36. The summed E-state index contributed by atoms with van der Waals surface area (Å²) in [6.07, 6.45) is 1.64. The lowest BCUT2D eigenvalue weighted by atomic mass is 10.2. The minimum absolute atomic E-state index is 0.323. The number of para-hydroxylation sites is 1. The van der Waals surface area contributed by atoms with Gasteiger partial charge in [0, 0.05) is 15.4 Å². The van der Waals surface area contributed by atoms with Crippen LogP contribution in [0.4, 0.5) is 0 Å². The normalized spacial score (nSPS) is 10.6. The average molecular weight is 409 g/mol. The third-order valence-corrected chi connectivity index (χ3v) is 3.96. The Labute approximate surface area is 139 Å². The Morgan fingerprint density at radius 1 is 1.10 bits per heavy atom. The first-order chi connectivity index (χ1) is 10.3. The Morgan fingerprint density at radius 2 is 1.90 bits per heavy atom. The lowest BCUT2D eigenvalue weighted by Gasteiger charge is -2.06. The van der Waals surface area contributed by atoms with Gasteiger partial charge in [-0.05, 0) is 30.3 Å². The molecule has 0 saturated heterocycles. The first kappa shape index (κ1) is 14.3. The number of hydrogen-bond acceptors (Lipinski definition) is 3.